The Bertz CT molecular complexity index is 205. The van der Waals surface area contributed by atoms with Crippen LogP contribution in [0.1, 0.15) is 0 Å². The molecule has 0 saturated heterocycles. The molecule has 2 heterocycles. The summed E-state index contributed by atoms with van der Waals surface area (Å²) in [5, 5.41) is 7.99. The van der Waals surface area contributed by atoms with Crippen LogP contribution in [0.5, 0.6) is 0 Å². The number of hydrogen-bond acceptors (Lipinski definition) is 3. The molecule has 0 aliphatic carbocycles. The Labute approximate surface area is 59.6 Å². The van der Waals surface area contributed by atoms with E-state index in [9.17, 15) is 0 Å². The maximum atomic E-state index is 4.07. The summed E-state index contributed by atoms with van der Waals surface area (Å²) in [7, 11) is 0. The molecule has 0 bridgehead atoms. The van der Waals surface area contributed by atoms with Crippen LogP contribution in [-0.2, 0) is 0 Å². The van der Waals surface area contributed by atoms with Gasteiger partial charge in [0.05, 0.1) is 12.6 Å². The minimum absolute atomic E-state index is 0.228. The Morgan fingerprint density at radius 2 is 2.40 bits per heavy atom. The highest BCUT2D eigenvalue weighted by atomic mass is 15.1. The van der Waals surface area contributed by atoms with Gasteiger partial charge in [0.2, 0.25) is 0 Å². The van der Waals surface area contributed by atoms with Crippen molar-refractivity contribution in [3.8, 4) is 0 Å². The standard InChI is InChI=1S/C7H8N3/c1-4-9-10-7-2-3-8-5-6(1)7/h1-3,5-7H,4H2. The molecule has 0 amide bonds. The Morgan fingerprint density at radius 1 is 1.40 bits per heavy atom. The van der Waals surface area contributed by atoms with Gasteiger partial charge in [0.15, 0.2) is 0 Å². The second-order valence-electron chi connectivity index (χ2n) is 2.38. The molecule has 0 aromatic carbocycles. The zero-order valence-electron chi connectivity index (χ0n) is 5.51. The summed E-state index contributed by atoms with van der Waals surface area (Å²) in [5.41, 5.74) is 0. The number of hydrogen-bond donors (Lipinski definition) is 0. The van der Waals surface area contributed by atoms with Gasteiger partial charge in [-0.05, 0) is 12.5 Å². The van der Waals surface area contributed by atoms with Gasteiger partial charge in [0, 0.05) is 18.3 Å². The van der Waals surface area contributed by atoms with Gasteiger partial charge >= 0.3 is 0 Å². The molecule has 1 radical (unpaired) electrons. The number of fused-ring (bicyclic) bond motifs is 1. The third kappa shape index (κ3) is 0.875. The van der Waals surface area contributed by atoms with Crippen molar-refractivity contribution >= 4 is 6.21 Å². The van der Waals surface area contributed by atoms with Crippen LogP contribution < -0.4 is 0 Å². The fraction of sp³-hybridized carbons (Fsp3) is 0.429. The molecule has 2 rings (SSSR count). The van der Waals surface area contributed by atoms with Crippen LogP contribution in [0.2, 0.25) is 0 Å². The van der Waals surface area contributed by atoms with E-state index in [0.29, 0.717) is 5.92 Å². The van der Waals surface area contributed by atoms with Crippen molar-refractivity contribution in [2.45, 2.75) is 6.04 Å². The molecule has 3 heteroatoms. The van der Waals surface area contributed by atoms with Crippen LogP contribution in [0.25, 0.3) is 0 Å². The van der Waals surface area contributed by atoms with E-state index in [2.05, 4.69) is 21.6 Å². The average Bonchev–Trinajstić information content (AvgIpc) is 2.05. The van der Waals surface area contributed by atoms with Gasteiger partial charge in [-0.2, -0.15) is 10.2 Å². The third-order valence-electron chi connectivity index (χ3n) is 1.70. The van der Waals surface area contributed by atoms with E-state index in [1.54, 1.807) is 6.20 Å². The Kier molecular flexibility index (Phi) is 1.34. The van der Waals surface area contributed by atoms with Crippen molar-refractivity contribution in [2.75, 3.05) is 6.54 Å². The normalized spacial score (nSPS) is 36.0. The summed E-state index contributed by atoms with van der Waals surface area (Å²) in [4.78, 5) is 4.02. The van der Waals surface area contributed by atoms with Gasteiger partial charge in [0.1, 0.15) is 0 Å². The lowest BCUT2D eigenvalue weighted by molar-refractivity contribution is 0.590. The largest absolute Gasteiger partial charge is 0.269 e. The summed E-state index contributed by atoms with van der Waals surface area (Å²) in [6.45, 7) is 0.737. The van der Waals surface area contributed by atoms with Gasteiger partial charge in [-0.15, -0.1) is 0 Å². The van der Waals surface area contributed by atoms with E-state index in [1.807, 2.05) is 12.3 Å². The molecule has 0 N–H and O–H groups in total. The first kappa shape index (κ1) is 5.77. The zero-order chi connectivity index (χ0) is 6.81. The van der Waals surface area contributed by atoms with E-state index >= 15 is 0 Å². The first-order chi connectivity index (χ1) is 4.97. The first-order valence-electron chi connectivity index (χ1n) is 3.37. The van der Waals surface area contributed by atoms with Crippen LogP contribution in [0.15, 0.2) is 27.5 Å². The van der Waals surface area contributed by atoms with Gasteiger partial charge in [-0.1, -0.05) is 0 Å². The van der Waals surface area contributed by atoms with E-state index in [1.165, 1.54) is 0 Å². The quantitative estimate of drug-likeness (QED) is 0.478. The van der Waals surface area contributed by atoms with Crippen molar-refractivity contribution in [1.82, 2.24) is 0 Å². The lowest BCUT2D eigenvalue weighted by atomic mass is 9.96. The fourth-order valence-electron chi connectivity index (χ4n) is 1.13. The molecule has 0 fully saturated rings. The Morgan fingerprint density at radius 3 is 3.30 bits per heavy atom. The predicted octanol–water partition coefficient (Wildman–Crippen LogP) is 1.24. The smallest absolute Gasteiger partial charge is 0.0987 e. The van der Waals surface area contributed by atoms with Gasteiger partial charge < -0.3 is 0 Å². The van der Waals surface area contributed by atoms with Crippen molar-refractivity contribution in [1.29, 1.82) is 0 Å². The van der Waals surface area contributed by atoms with Gasteiger partial charge in [-0.25, -0.2) is 0 Å². The maximum absolute atomic E-state index is 4.07. The Hall–Kier alpha value is -0.990. The molecule has 0 aromatic heterocycles. The van der Waals surface area contributed by atoms with Crippen LogP contribution in [0.4, 0.5) is 0 Å². The van der Waals surface area contributed by atoms with Crippen LogP contribution in [0, 0.1) is 12.3 Å². The molecule has 10 heavy (non-hydrogen) atoms. The molecule has 51 valence electrons. The monoisotopic (exact) mass is 134 g/mol. The topological polar surface area (TPSA) is 37.1 Å². The van der Waals surface area contributed by atoms with E-state index in [4.69, 9.17) is 0 Å². The zero-order valence-corrected chi connectivity index (χ0v) is 5.51. The first-order valence-corrected chi connectivity index (χ1v) is 3.37. The number of azo groups is 1. The highest BCUT2D eigenvalue weighted by Gasteiger charge is 2.21. The van der Waals surface area contributed by atoms with Crippen molar-refractivity contribution < 1.29 is 0 Å². The fourth-order valence-corrected chi connectivity index (χ4v) is 1.13. The van der Waals surface area contributed by atoms with Crippen LogP contribution in [-0.4, -0.2) is 18.8 Å². The molecule has 2 atom stereocenters. The SMILES string of the molecule is [CH]1CN=NC2C=CN=CC12. The maximum Gasteiger partial charge on any atom is 0.0987 e. The molecule has 0 spiro atoms. The summed E-state index contributed by atoms with van der Waals surface area (Å²) < 4.78 is 0. The van der Waals surface area contributed by atoms with Crippen molar-refractivity contribution in [3.05, 3.63) is 18.7 Å². The van der Waals surface area contributed by atoms with E-state index in [-0.39, 0.29) is 6.04 Å². The lowest BCUT2D eigenvalue weighted by Gasteiger charge is -2.20. The molecule has 2 unspecified atom stereocenters. The lowest BCUT2D eigenvalue weighted by Crippen LogP contribution is -2.24. The molecule has 0 aromatic rings. The highest BCUT2D eigenvalue weighted by Crippen LogP contribution is 2.18. The van der Waals surface area contributed by atoms with Gasteiger partial charge in [-0.3, -0.25) is 4.99 Å². The van der Waals surface area contributed by atoms with Crippen molar-refractivity contribution in [2.24, 2.45) is 21.1 Å². The predicted molar refractivity (Wildman–Crippen MR) is 38.9 cm³/mol. The summed E-state index contributed by atoms with van der Waals surface area (Å²) in [6, 6.07) is 0.228. The molecule has 3 nitrogen and oxygen atoms in total. The second-order valence-corrected chi connectivity index (χ2v) is 2.38. The summed E-state index contributed by atoms with van der Waals surface area (Å²) in [6.07, 6.45) is 7.80. The molecule has 2 aliphatic heterocycles. The highest BCUT2D eigenvalue weighted by molar-refractivity contribution is 5.66. The minimum Gasteiger partial charge on any atom is -0.269 e. The molecule has 2 aliphatic rings. The van der Waals surface area contributed by atoms with Crippen LogP contribution >= 0.6 is 0 Å². The van der Waals surface area contributed by atoms with E-state index < -0.39 is 0 Å². The van der Waals surface area contributed by atoms with Crippen LogP contribution in [0.3, 0.4) is 0 Å². The number of rotatable bonds is 0. The number of nitrogens with zero attached hydrogens (tertiary/aromatic N) is 3. The molecular formula is C7H8N3. The van der Waals surface area contributed by atoms with Gasteiger partial charge in [0.25, 0.3) is 0 Å². The second kappa shape index (κ2) is 2.33. The van der Waals surface area contributed by atoms with Crippen molar-refractivity contribution in [3.63, 3.8) is 0 Å². The third-order valence-corrected chi connectivity index (χ3v) is 1.70. The molecular weight excluding hydrogens is 126 g/mol. The Balaban J connectivity index is 2.21. The summed E-state index contributed by atoms with van der Waals surface area (Å²) >= 11 is 0. The minimum atomic E-state index is 0.228. The molecule has 0 saturated carbocycles. The average molecular weight is 134 g/mol. The summed E-state index contributed by atoms with van der Waals surface area (Å²) in [5.74, 6) is 0.391. The number of aliphatic imine (C=N–C) groups is 1. The van der Waals surface area contributed by atoms with E-state index in [0.717, 1.165) is 6.54 Å².